The lowest BCUT2D eigenvalue weighted by atomic mass is 10.1. The van der Waals surface area contributed by atoms with Gasteiger partial charge in [-0.15, -0.1) is 0 Å². The van der Waals surface area contributed by atoms with Gasteiger partial charge in [0.1, 0.15) is 12.4 Å². The van der Waals surface area contributed by atoms with Gasteiger partial charge in [0.15, 0.2) is 0 Å². The van der Waals surface area contributed by atoms with Crippen molar-refractivity contribution < 1.29 is 9.84 Å². The van der Waals surface area contributed by atoms with E-state index in [9.17, 15) is 0 Å². The maximum Gasteiger partial charge on any atom is 0.129 e. The molecule has 3 rings (SSSR count). The average molecular weight is 280 g/mol. The van der Waals surface area contributed by atoms with Gasteiger partial charge in [0, 0.05) is 11.6 Å². The van der Waals surface area contributed by atoms with Crippen LogP contribution >= 0.6 is 0 Å². The van der Waals surface area contributed by atoms with Crippen molar-refractivity contribution in [1.29, 1.82) is 0 Å². The van der Waals surface area contributed by atoms with Crippen LogP contribution in [-0.4, -0.2) is 10.1 Å². The van der Waals surface area contributed by atoms with Crippen LogP contribution in [0.4, 0.5) is 5.69 Å². The zero-order chi connectivity index (χ0) is 14.7. The molecular formula is C17H16N2O2. The first-order chi connectivity index (χ1) is 10.3. The van der Waals surface area contributed by atoms with Gasteiger partial charge in [-0.3, -0.25) is 4.98 Å². The Morgan fingerprint density at radius 1 is 1.00 bits per heavy atom. The fraction of sp³-hybridized carbons (Fsp3) is 0.118. The molecule has 0 unspecified atom stereocenters. The van der Waals surface area contributed by atoms with Gasteiger partial charge in [-0.1, -0.05) is 24.3 Å². The third kappa shape index (κ3) is 2.80. The molecule has 0 amide bonds. The summed E-state index contributed by atoms with van der Waals surface area (Å²) >= 11 is 0. The van der Waals surface area contributed by atoms with Crippen molar-refractivity contribution in [1.82, 2.24) is 4.98 Å². The molecule has 0 atom stereocenters. The fourth-order valence-corrected chi connectivity index (χ4v) is 2.20. The first kappa shape index (κ1) is 13.4. The molecule has 3 aromatic rings. The summed E-state index contributed by atoms with van der Waals surface area (Å²) in [5, 5.41) is 9.94. The van der Waals surface area contributed by atoms with Crippen LogP contribution in [0.15, 0.2) is 54.7 Å². The Labute approximate surface area is 122 Å². The molecule has 4 heteroatoms. The van der Waals surface area contributed by atoms with Crippen molar-refractivity contribution in [2.24, 2.45) is 0 Å². The highest BCUT2D eigenvalue weighted by Gasteiger charge is 2.06. The number of nitrogens with two attached hydrogens (primary N) is 1. The molecule has 0 spiro atoms. The number of rotatable bonds is 4. The van der Waals surface area contributed by atoms with Crippen molar-refractivity contribution in [3.63, 3.8) is 0 Å². The Bertz CT molecular complexity index is 754. The van der Waals surface area contributed by atoms with Crippen LogP contribution in [0.2, 0.25) is 0 Å². The molecule has 0 radical (unpaired) electrons. The van der Waals surface area contributed by atoms with E-state index in [1.807, 2.05) is 42.5 Å². The molecule has 0 aliphatic heterocycles. The predicted octanol–water partition coefficient (Wildman–Crippen LogP) is 2.89. The van der Waals surface area contributed by atoms with E-state index in [2.05, 4.69) is 4.98 Å². The number of aliphatic hydroxyl groups is 1. The zero-order valence-electron chi connectivity index (χ0n) is 11.5. The number of aromatic nitrogens is 1. The number of fused-ring (bicyclic) bond motifs is 1. The van der Waals surface area contributed by atoms with E-state index in [-0.39, 0.29) is 6.61 Å². The lowest BCUT2D eigenvalue weighted by Gasteiger charge is -2.10. The van der Waals surface area contributed by atoms with Gasteiger partial charge in [-0.2, -0.15) is 0 Å². The molecule has 0 aliphatic rings. The van der Waals surface area contributed by atoms with Gasteiger partial charge in [-0.05, 0) is 35.4 Å². The standard InChI is InChI=1S/C17H16N2O2/c18-15-7-8-16(14-2-1-9-19-17(14)15)21-11-13-5-3-12(10-20)4-6-13/h1-9,20H,10-11,18H2. The van der Waals surface area contributed by atoms with Gasteiger partial charge in [-0.25, -0.2) is 0 Å². The van der Waals surface area contributed by atoms with Crippen molar-refractivity contribution in [2.75, 3.05) is 5.73 Å². The fourth-order valence-electron chi connectivity index (χ4n) is 2.20. The summed E-state index contributed by atoms with van der Waals surface area (Å²) in [4.78, 5) is 4.29. The number of pyridine rings is 1. The summed E-state index contributed by atoms with van der Waals surface area (Å²) in [5.41, 5.74) is 9.25. The number of aliphatic hydroxyl groups excluding tert-OH is 1. The third-order valence-corrected chi connectivity index (χ3v) is 3.36. The van der Waals surface area contributed by atoms with Crippen LogP contribution in [0.5, 0.6) is 5.75 Å². The van der Waals surface area contributed by atoms with E-state index >= 15 is 0 Å². The van der Waals surface area contributed by atoms with Crippen molar-refractivity contribution in [3.8, 4) is 5.75 Å². The molecule has 0 bridgehead atoms. The Hall–Kier alpha value is -2.59. The van der Waals surface area contributed by atoms with Gasteiger partial charge in [0.05, 0.1) is 17.8 Å². The van der Waals surface area contributed by atoms with E-state index in [0.717, 1.165) is 27.8 Å². The number of hydrogen-bond donors (Lipinski definition) is 2. The number of anilines is 1. The molecule has 4 nitrogen and oxygen atoms in total. The SMILES string of the molecule is Nc1ccc(OCc2ccc(CO)cc2)c2cccnc12. The van der Waals surface area contributed by atoms with Crippen LogP contribution in [0.3, 0.4) is 0 Å². The first-order valence-corrected chi connectivity index (χ1v) is 6.72. The van der Waals surface area contributed by atoms with E-state index < -0.39 is 0 Å². The van der Waals surface area contributed by atoms with Crippen LogP contribution in [-0.2, 0) is 13.2 Å². The molecule has 0 saturated heterocycles. The Kier molecular flexibility index (Phi) is 3.71. The number of nitrogens with zero attached hydrogens (tertiary/aromatic N) is 1. The Morgan fingerprint density at radius 3 is 2.52 bits per heavy atom. The zero-order valence-corrected chi connectivity index (χ0v) is 11.5. The van der Waals surface area contributed by atoms with Crippen molar-refractivity contribution >= 4 is 16.6 Å². The van der Waals surface area contributed by atoms with Crippen LogP contribution in [0.25, 0.3) is 10.9 Å². The van der Waals surface area contributed by atoms with E-state index in [1.54, 1.807) is 12.3 Å². The molecule has 106 valence electrons. The highest BCUT2D eigenvalue weighted by molar-refractivity contribution is 5.93. The maximum atomic E-state index is 9.03. The van der Waals surface area contributed by atoms with Gasteiger partial charge in [0.2, 0.25) is 0 Å². The molecule has 0 saturated carbocycles. The Balaban J connectivity index is 1.83. The lowest BCUT2D eigenvalue weighted by Crippen LogP contribution is -1.98. The van der Waals surface area contributed by atoms with Crippen LogP contribution in [0, 0.1) is 0 Å². The largest absolute Gasteiger partial charge is 0.488 e. The van der Waals surface area contributed by atoms with Crippen LogP contribution < -0.4 is 10.5 Å². The molecule has 2 aromatic carbocycles. The number of hydrogen-bond acceptors (Lipinski definition) is 4. The molecule has 1 aromatic heterocycles. The minimum Gasteiger partial charge on any atom is -0.488 e. The normalized spacial score (nSPS) is 10.7. The molecular weight excluding hydrogens is 264 g/mol. The summed E-state index contributed by atoms with van der Waals surface area (Å²) in [6, 6.07) is 15.2. The molecule has 1 heterocycles. The minimum absolute atomic E-state index is 0.0510. The Morgan fingerprint density at radius 2 is 1.76 bits per heavy atom. The molecule has 0 aliphatic carbocycles. The third-order valence-electron chi connectivity index (χ3n) is 3.36. The summed E-state index contributed by atoms with van der Waals surface area (Å²) in [6.45, 7) is 0.509. The summed E-state index contributed by atoms with van der Waals surface area (Å²) in [6.07, 6.45) is 1.72. The van der Waals surface area contributed by atoms with Gasteiger partial charge < -0.3 is 15.6 Å². The maximum absolute atomic E-state index is 9.03. The topological polar surface area (TPSA) is 68.4 Å². The highest BCUT2D eigenvalue weighted by Crippen LogP contribution is 2.28. The minimum atomic E-state index is 0.0510. The number of benzene rings is 2. The van der Waals surface area contributed by atoms with E-state index in [0.29, 0.717) is 12.3 Å². The summed E-state index contributed by atoms with van der Waals surface area (Å²) in [7, 11) is 0. The molecule has 3 N–H and O–H groups in total. The smallest absolute Gasteiger partial charge is 0.129 e. The monoisotopic (exact) mass is 280 g/mol. The van der Waals surface area contributed by atoms with E-state index in [4.69, 9.17) is 15.6 Å². The van der Waals surface area contributed by atoms with E-state index in [1.165, 1.54) is 0 Å². The van der Waals surface area contributed by atoms with Crippen molar-refractivity contribution in [3.05, 3.63) is 65.9 Å². The number of ether oxygens (including phenoxy) is 1. The number of nitrogen functional groups attached to an aromatic ring is 1. The second-order valence-electron chi connectivity index (χ2n) is 4.82. The lowest BCUT2D eigenvalue weighted by molar-refractivity contribution is 0.281. The second kappa shape index (κ2) is 5.81. The molecule has 21 heavy (non-hydrogen) atoms. The predicted molar refractivity (Wildman–Crippen MR) is 82.9 cm³/mol. The van der Waals surface area contributed by atoms with Crippen molar-refractivity contribution in [2.45, 2.75) is 13.2 Å². The summed E-state index contributed by atoms with van der Waals surface area (Å²) in [5.74, 6) is 0.763. The van der Waals surface area contributed by atoms with Gasteiger partial charge >= 0.3 is 0 Å². The average Bonchev–Trinajstić information content (AvgIpc) is 2.55. The quantitative estimate of drug-likeness (QED) is 0.721. The second-order valence-corrected chi connectivity index (χ2v) is 4.82. The van der Waals surface area contributed by atoms with Gasteiger partial charge in [0.25, 0.3) is 0 Å². The molecule has 0 fully saturated rings. The van der Waals surface area contributed by atoms with Crippen LogP contribution in [0.1, 0.15) is 11.1 Å². The summed E-state index contributed by atoms with van der Waals surface area (Å²) < 4.78 is 5.88. The highest BCUT2D eigenvalue weighted by atomic mass is 16.5. The first-order valence-electron chi connectivity index (χ1n) is 6.72.